The van der Waals surface area contributed by atoms with Crippen LogP contribution in [0.2, 0.25) is 0 Å². The fraction of sp³-hybridized carbons (Fsp3) is 0.259. The molecule has 2 aromatic carbocycles. The van der Waals surface area contributed by atoms with Crippen LogP contribution < -0.4 is 10.2 Å². The van der Waals surface area contributed by atoms with E-state index in [1.807, 2.05) is 85.5 Å². The molecule has 0 saturated carbocycles. The molecule has 0 amide bonds. The first-order chi connectivity index (χ1) is 17.4. The number of β-amino-alcohol motifs (C(OH)–C–C–N with tert-alkyl or cyclic N) is 1. The van der Waals surface area contributed by atoms with E-state index in [9.17, 15) is 9.90 Å². The van der Waals surface area contributed by atoms with E-state index < -0.39 is 5.60 Å². The number of aryl methyl sites for hydroxylation is 1. The lowest BCUT2D eigenvalue weighted by Crippen LogP contribution is -2.59. The molecule has 184 valence electrons. The number of nitrogens with one attached hydrogen (secondary N) is 2. The molecule has 9 heteroatoms. The van der Waals surface area contributed by atoms with Gasteiger partial charge in [0.1, 0.15) is 23.0 Å². The van der Waals surface area contributed by atoms with Gasteiger partial charge in [0, 0.05) is 35.6 Å². The van der Waals surface area contributed by atoms with E-state index in [2.05, 4.69) is 15.5 Å². The lowest BCUT2D eigenvalue weighted by atomic mass is 9.86. The second-order valence-corrected chi connectivity index (χ2v) is 10.1. The highest BCUT2D eigenvalue weighted by molar-refractivity contribution is 7.99. The Hall–Kier alpha value is -3.69. The number of aromatic amines is 1. The third-order valence-corrected chi connectivity index (χ3v) is 7.00. The van der Waals surface area contributed by atoms with E-state index in [1.54, 1.807) is 0 Å². The van der Waals surface area contributed by atoms with Gasteiger partial charge in [-0.05, 0) is 41.9 Å². The number of carbonyl (C=O) groups is 1. The third kappa shape index (κ3) is 5.42. The number of hydrogen-bond acceptors (Lipinski definition) is 8. The number of carbonyl (C=O) groups excluding carboxylic acids is 1. The molecule has 0 bridgehead atoms. The smallest absolute Gasteiger partial charge is 0.196 e. The Bertz CT molecular complexity index is 1350. The van der Waals surface area contributed by atoms with Crippen LogP contribution in [-0.4, -0.2) is 44.1 Å². The number of anilines is 3. The molecular formula is C27H28N6O2S. The van der Waals surface area contributed by atoms with E-state index in [0.717, 1.165) is 27.5 Å². The van der Waals surface area contributed by atoms with Gasteiger partial charge in [-0.25, -0.2) is 9.97 Å². The molecule has 1 fully saturated rings. The maximum Gasteiger partial charge on any atom is 0.196 e. The fourth-order valence-electron chi connectivity index (χ4n) is 4.11. The zero-order valence-electron chi connectivity index (χ0n) is 20.2. The summed E-state index contributed by atoms with van der Waals surface area (Å²) >= 11 is 1.45. The van der Waals surface area contributed by atoms with Crippen molar-refractivity contribution in [1.82, 2.24) is 20.2 Å². The van der Waals surface area contributed by atoms with Gasteiger partial charge in [-0.3, -0.25) is 9.89 Å². The number of Topliss-reactive ketones (excluding diaryl/α,β-unsaturated/α-hetero) is 1. The van der Waals surface area contributed by atoms with Gasteiger partial charge in [-0.15, -0.1) is 0 Å². The largest absolute Gasteiger partial charge is 0.381 e. The van der Waals surface area contributed by atoms with Crippen molar-refractivity contribution in [2.24, 2.45) is 0 Å². The minimum atomic E-state index is -0.905. The van der Waals surface area contributed by atoms with Gasteiger partial charge in [0.15, 0.2) is 11.0 Å². The summed E-state index contributed by atoms with van der Waals surface area (Å²) in [6.45, 7) is 4.71. The average molecular weight is 501 g/mol. The van der Waals surface area contributed by atoms with Gasteiger partial charge >= 0.3 is 0 Å². The van der Waals surface area contributed by atoms with Crippen LogP contribution in [0.3, 0.4) is 0 Å². The van der Waals surface area contributed by atoms with Gasteiger partial charge in [0.2, 0.25) is 0 Å². The number of aliphatic hydroxyl groups is 1. The van der Waals surface area contributed by atoms with Crippen LogP contribution in [0.25, 0.3) is 0 Å². The van der Waals surface area contributed by atoms with Crippen LogP contribution in [0.1, 0.15) is 30.2 Å². The molecule has 3 N–H and O–H groups in total. The van der Waals surface area contributed by atoms with Gasteiger partial charge in [-0.1, -0.05) is 49.4 Å². The second-order valence-electron chi connectivity index (χ2n) is 9.02. The topological polar surface area (TPSA) is 107 Å². The number of aromatic nitrogens is 4. The Labute approximate surface area is 214 Å². The Morgan fingerprint density at radius 1 is 1.08 bits per heavy atom. The highest BCUT2D eigenvalue weighted by atomic mass is 32.2. The Morgan fingerprint density at radius 3 is 2.50 bits per heavy atom. The quantitative estimate of drug-likeness (QED) is 0.286. The maximum atomic E-state index is 11.8. The Kier molecular flexibility index (Phi) is 6.75. The van der Waals surface area contributed by atoms with E-state index in [-0.39, 0.29) is 5.78 Å². The van der Waals surface area contributed by atoms with Crippen LogP contribution >= 0.6 is 11.8 Å². The predicted molar refractivity (Wildman–Crippen MR) is 141 cm³/mol. The van der Waals surface area contributed by atoms with E-state index >= 15 is 0 Å². The van der Waals surface area contributed by atoms with Crippen molar-refractivity contribution in [3.63, 3.8) is 0 Å². The number of hydrogen-bond donors (Lipinski definition) is 3. The van der Waals surface area contributed by atoms with Gasteiger partial charge < -0.3 is 15.3 Å². The minimum absolute atomic E-state index is 0.223. The summed E-state index contributed by atoms with van der Waals surface area (Å²) < 4.78 is 0. The van der Waals surface area contributed by atoms with E-state index in [4.69, 9.17) is 9.97 Å². The average Bonchev–Trinajstić information content (AvgIpc) is 3.27. The van der Waals surface area contributed by atoms with Crippen molar-refractivity contribution >= 4 is 35.0 Å². The molecular weight excluding hydrogens is 472 g/mol. The molecule has 1 saturated heterocycles. The molecule has 5 rings (SSSR count). The molecule has 0 unspecified atom stereocenters. The number of nitrogens with zero attached hydrogens (tertiary/aromatic N) is 4. The van der Waals surface area contributed by atoms with Crippen LogP contribution in [0, 0.1) is 6.92 Å². The number of ketones is 1. The monoisotopic (exact) mass is 500 g/mol. The van der Waals surface area contributed by atoms with Crippen molar-refractivity contribution in [2.45, 2.75) is 42.3 Å². The highest BCUT2D eigenvalue weighted by Gasteiger charge is 2.43. The van der Waals surface area contributed by atoms with Crippen LogP contribution in [-0.2, 0) is 16.8 Å². The normalized spacial score (nSPS) is 14.4. The summed E-state index contributed by atoms with van der Waals surface area (Å²) in [5, 5.41) is 22.1. The molecule has 3 heterocycles. The van der Waals surface area contributed by atoms with Crippen molar-refractivity contribution in [1.29, 1.82) is 0 Å². The molecule has 1 aliphatic heterocycles. The maximum absolute atomic E-state index is 11.8. The van der Waals surface area contributed by atoms with Crippen LogP contribution in [0.4, 0.5) is 17.5 Å². The molecule has 8 nitrogen and oxygen atoms in total. The Morgan fingerprint density at radius 2 is 1.83 bits per heavy atom. The first kappa shape index (κ1) is 24.0. The van der Waals surface area contributed by atoms with Crippen molar-refractivity contribution < 1.29 is 9.90 Å². The van der Waals surface area contributed by atoms with Crippen LogP contribution in [0.15, 0.2) is 76.8 Å². The summed E-state index contributed by atoms with van der Waals surface area (Å²) in [4.78, 5) is 24.3. The first-order valence-electron chi connectivity index (χ1n) is 11.9. The third-order valence-electron chi connectivity index (χ3n) is 6.12. The van der Waals surface area contributed by atoms with Crippen LogP contribution in [0.5, 0.6) is 0 Å². The summed E-state index contributed by atoms with van der Waals surface area (Å²) in [6, 6.07) is 21.4. The molecule has 4 aromatic rings. The SMILES string of the molecule is CCC(=O)Cc1ccc(Sc2nc(Nc3cc(C)[nH]n3)cc(N3CC(O)(c4ccccc4)C3)n2)cc1. The van der Waals surface area contributed by atoms with Crippen molar-refractivity contribution in [3.8, 4) is 0 Å². The van der Waals surface area contributed by atoms with E-state index in [0.29, 0.717) is 42.7 Å². The highest BCUT2D eigenvalue weighted by Crippen LogP contribution is 2.37. The first-order valence-corrected chi connectivity index (χ1v) is 12.7. The molecule has 0 spiro atoms. The molecule has 1 aliphatic rings. The standard InChI is InChI=1S/C27H28N6O2S/c1-3-21(34)14-19-9-11-22(12-10-19)36-26-29-23(28-24-13-18(2)31-32-24)15-25(30-26)33-16-27(35,17-33)20-7-5-4-6-8-20/h4-13,15,35H,3,14,16-17H2,1-2H3,(H2,28,29,30,31,32). The molecule has 0 aliphatic carbocycles. The second kappa shape index (κ2) is 10.1. The van der Waals surface area contributed by atoms with Gasteiger partial charge in [0.05, 0.1) is 13.1 Å². The molecule has 2 aromatic heterocycles. The van der Waals surface area contributed by atoms with Gasteiger partial charge in [0.25, 0.3) is 0 Å². The van der Waals surface area contributed by atoms with E-state index in [1.165, 1.54) is 11.8 Å². The predicted octanol–water partition coefficient (Wildman–Crippen LogP) is 4.63. The molecule has 0 radical (unpaired) electrons. The Balaban J connectivity index is 1.37. The van der Waals surface area contributed by atoms with Gasteiger partial charge in [-0.2, -0.15) is 5.10 Å². The zero-order valence-corrected chi connectivity index (χ0v) is 21.0. The minimum Gasteiger partial charge on any atom is -0.381 e. The summed E-state index contributed by atoms with van der Waals surface area (Å²) in [5.74, 6) is 2.24. The summed E-state index contributed by atoms with van der Waals surface area (Å²) in [6.07, 6.45) is 0.988. The number of benzene rings is 2. The zero-order chi connectivity index (χ0) is 25.1. The van der Waals surface area contributed by atoms with Crippen molar-refractivity contribution in [2.75, 3.05) is 23.3 Å². The number of H-pyrrole nitrogens is 1. The fourth-order valence-corrected chi connectivity index (χ4v) is 4.88. The van der Waals surface area contributed by atoms with Crippen molar-refractivity contribution in [3.05, 3.63) is 83.6 Å². The lowest BCUT2D eigenvalue weighted by molar-refractivity contribution is -0.118. The molecule has 36 heavy (non-hydrogen) atoms. The summed E-state index contributed by atoms with van der Waals surface area (Å²) in [5.41, 5.74) is 1.94. The molecule has 0 atom stereocenters. The lowest BCUT2D eigenvalue weighted by Gasteiger charge is -2.47. The summed E-state index contributed by atoms with van der Waals surface area (Å²) in [7, 11) is 0. The number of rotatable bonds is 9.